The summed E-state index contributed by atoms with van der Waals surface area (Å²) in [5.74, 6) is 0. The van der Waals surface area contributed by atoms with Gasteiger partial charge in [-0.05, 0) is 50.0 Å². The van der Waals surface area contributed by atoms with E-state index in [-0.39, 0.29) is 22.7 Å². The summed E-state index contributed by atoms with van der Waals surface area (Å²) in [5, 5.41) is 11.1. The monoisotopic (exact) mass is 401 g/mol. The third-order valence-corrected chi connectivity index (χ3v) is 7.74. The Morgan fingerprint density at radius 1 is 1.11 bits per heavy atom. The highest BCUT2D eigenvalue weighted by molar-refractivity contribution is 7.89. The van der Waals surface area contributed by atoms with Crippen LogP contribution < -0.4 is 0 Å². The fourth-order valence-electron chi connectivity index (χ4n) is 4.47. The van der Waals surface area contributed by atoms with Crippen LogP contribution in [0.15, 0.2) is 53.4 Å². The minimum Gasteiger partial charge on any atom is -0.301 e. The smallest absolute Gasteiger partial charge is 0.270 e. The molecule has 0 aromatic heterocycles. The van der Waals surface area contributed by atoms with Crippen LogP contribution in [0.1, 0.15) is 30.0 Å². The summed E-state index contributed by atoms with van der Waals surface area (Å²) < 4.78 is 28.6. The molecule has 2 atom stereocenters. The van der Waals surface area contributed by atoms with Gasteiger partial charge in [-0.3, -0.25) is 10.1 Å². The lowest BCUT2D eigenvalue weighted by Crippen LogP contribution is -2.48. The molecule has 0 aliphatic carbocycles. The first-order valence-electron chi connectivity index (χ1n) is 9.44. The number of hydrogen-bond acceptors (Lipinski definition) is 5. The van der Waals surface area contributed by atoms with Gasteiger partial charge >= 0.3 is 0 Å². The second-order valence-electron chi connectivity index (χ2n) is 7.45. The van der Waals surface area contributed by atoms with E-state index in [2.05, 4.69) is 11.0 Å². The first-order valence-corrected chi connectivity index (χ1v) is 10.9. The van der Waals surface area contributed by atoms with E-state index in [4.69, 9.17) is 0 Å². The van der Waals surface area contributed by atoms with E-state index in [1.165, 1.54) is 23.8 Å². The van der Waals surface area contributed by atoms with Crippen molar-refractivity contribution in [3.8, 4) is 0 Å². The Morgan fingerprint density at radius 2 is 1.89 bits per heavy atom. The van der Waals surface area contributed by atoms with Crippen molar-refractivity contribution in [3.63, 3.8) is 0 Å². The zero-order chi connectivity index (χ0) is 19.9. The van der Waals surface area contributed by atoms with Gasteiger partial charge in [-0.1, -0.05) is 30.3 Å². The fraction of sp³-hybridized carbons (Fsp3) is 0.400. The van der Waals surface area contributed by atoms with Crippen molar-refractivity contribution in [2.45, 2.75) is 36.2 Å². The summed E-state index contributed by atoms with van der Waals surface area (Å²) in [6.45, 7) is 1.31. The van der Waals surface area contributed by atoms with Crippen LogP contribution in [0.2, 0.25) is 0 Å². The number of benzene rings is 2. The SMILES string of the molecule is CN1CCCC1C1c2ccccc2CCN1S(=O)(=O)c1cccc([N+](=O)[O-])c1. The molecule has 0 bridgehead atoms. The van der Waals surface area contributed by atoms with Crippen molar-refractivity contribution < 1.29 is 13.3 Å². The largest absolute Gasteiger partial charge is 0.301 e. The topological polar surface area (TPSA) is 83.8 Å². The highest BCUT2D eigenvalue weighted by Crippen LogP contribution is 2.41. The minimum absolute atomic E-state index is 0.0215. The van der Waals surface area contributed by atoms with E-state index in [9.17, 15) is 18.5 Å². The van der Waals surface area contributed by atoms with E-state index in [1.807, 2.05) is 25.2 Å². The third-order valence-electron chi connectivity index (χ3n) is 5.86. The van der Waals surface area contributed by atoms with E-state index >= 15 is 0 Å². The lowest BCUT2D eigenvalue weighted by Gasteiger charge is -2.41. The van der Waals surface area contributed by atoms with Gasteiger partial charge in [0.05, 0.1) is 15.9 Å². The summed E-state index contributed by atoms with van der Waals surface area (Å²) >= 11 is 0. The van der Waals surface area contributed by atoms with Crippen LogP contribution >= 0.6 is 0 Å². The van der Waals surface area contributed by atoms with Crippen LogP contribution in [-0.4, -0.2) is 48.7 Å². The minimum atomic E-state index is -3.87. The molecule has 28 heavy (non-hydrogen) atoms. The Bertz CT molecular complexity index is 1010. The Morgan fingerprint density at radius 3 is 2.61 bits per heavy atom. The van der Waals surface area contributed by atoms with E-state index in [1.54, 1.807) is 4.31 Å². The molecule has 2 unspecified atom stereocenters. The molecule has 2 aromatic rings. The van der Waals surface area contributed by atoms with Gasteiger partial charge < -0.3 is 4.90 Å². The Hall–Kier alpha value is -2.29. The first-order chi connectivity index (χ1) is 13.4. The van der Waals surface area contributed by atoms with Gasteiger partial charge in [-0.25, -0.2) is 8.42 Å². The highest BCUT2D eigenvalue weighted by Gasteiger charge is 2.43. The number of hydrogen-bond donors (Lipinski definition) is 0. The molecular weight excluding hydrogens is 378 g/mol. The van der Waals surface area contributed by atoms with Crippen LogP contribution in [0.3, 0.4) is 0 Å². The number of non-ortho nitro benzene ring substituents is 1. The maximum Gasteiger partial charge on any atom is 0.270 e. The standard InChI is InChI=1S/C20H23N3O4S/c1-21-12-5-10-19(21)20-18-9-3-2-6-15(18)11-13-22(20)28(26,27)17-8-4-7-16(14-17)23(24)25/h2-4,6-9,14,19-20H,5,10-13H2,1H3. The number of nitrogens with zero attached hydrogens (tertiary/aromatic N) is 3. The van der Waals surface area contributed by atoms with Crippen LogP contribution in [0, 0.1) is 10.1 Å². The average molecular weight is 401 g/mol. The van der Waals surface area contributed by atoms with Crippen molar-refractivity contribution in [1.29, 1.82) is 0 Å². The molecule has 2 aromatic carbocycles. The number of sulfonamides is 1. The normalized spacial score (nSPS) is 23.5. The molecule has 2 aliphatic heterocycles. The summed E-state index contributed by atoms with van der Waals surface area (Å²) in [7, 11) is -1.83. The Balaban J connectivity index is 1.81. The van der Waals surface area contributed by atoms with Crippen molar-refractivity contribution >= 4 is 15.7 Å². The Kier molecular flexibility index (Phi) is 4.95. The Labute approximate surface area is 164 Å². The number of rotatable bonds is 4. The summed E-state index contributed by atoms with van der Waals surface area (Å²) in [6.07, 6.45) is 2.60. The molecule has 1 saturated heterocycles. The van der Waals surface area contributed by atoms with E-state index in [0.29, 0.717) is 13.0 Å². The van der Waals surface area contributed by atoms with E-state index < -0.39 is 14.9 Å². The van der Waals surface area contributed by atoms with Crippen molar-refractivity contribution in [1.82, 2.24) is 9.21 Å². The summed E-state index contributed by atoms with van der Waals surface area (Å²) in [5.41, 5.74) is 2.01. The average Bonchev–Trinajstić information content (AvgIpc) is 3.12. The molecule has 2 aliphatic rings. The maximum absolute atomic E-state index is 13.5. The molecule has 0 spiro atoms. The quantitative estimate of drug-likeness (QED) is 0.581. The zero-order valence-electron chi connectivity index (χ0n) is 15.7. The van der Waals surface area contributed by atoms with Crippen LogP contribution in [0.25, 0.3) is 0 Å². The van der Waals surface area contributed by atoms with Crippen molar-refractivity contribution in [3.05, 3.63) is 69.8 Å². The van der Waals surface area contributed by atoms with Gasteiger partial charge in [0.1, 0.15) is 0 Å². The summed E-state index contributed by atoms with van der Waals surface area (Å²) in [4.78, 5) is 12.8. The van der Waals surface area contributed by atoms with Crippen molar-refractivity contribution in [2.24, 2.45) is 0 Å². The maximum atomic E-state index is 13.5. The molecule has 1 fully saturated rings. The lowest BCUT2D eigenvalue weighted by molar-refractivity contribution is -0.385. The van der Waals surface area contributed by atoms with Gasteiger partial charge in [-0.15, -0.1) is 0 Å². The lowest BCUT2D eigenvalue weighted by atomic mass is 9.89. The van der Waals surface area contributed by atoms with Gasteiger partial charge in [-0.2, -0.15) is 4.31 Å². The molecule has 0 saturated carbocycles. The number of likely N-dealkylation sites (N-methyl/N-ethyl adjacent to an activating group) is 1. The molecule has 0 amide bonds. The molecule has 148 valence electrons. The second kappa shape index (κ2) is 7.27. The van der Waals surface area contributed by atoms with Gasteiger partial charge in [0.25, 0.3) is 5.69 Å². The number of fused-ring (bicyclic) bond motifs is 1. The van der Waals surface area contributed by atoms with Gasteiger partial charge in [0, 0.05) is 24.7 Å². The van der Waals surface area contributed by atoms with Gasteiger partial charge in [0.15, 0.2) is 0 Å². The number of nitro benzene ring substituents is 1. The molecule has 8 heteroatoms. The van der Waals surface area contributed by atoms with Crippen LogP contribution in [0.4, 0.5) is 5.69 Å². The zero-order valence-corrected chi connectivity index (χ0v) is 16.5. The molecule has 4 rings (SSSR count). The molecule has 0 radical (unpaired) electrons. The molecule has 0 N–H and O–H groups in total. The first kappa shape index (κ1) is 19.0. The fourth-order valence-corrected chi connectivity index (χ4v) is 6.15. The molecule has 2 heterocycles. The highest BCUT2D eigenvalue weighted by atomic mass is 32.2. The van der Waals surface area contributed by atoms with Crippen LogP contribution in [-0.2, 0) is 16.4 Å². The van der Waals surface area contributed by atoms with Crippen molar-refractivity contribution in [2.75, 3.05) is 20.1 Å². The number of nitro groups is 1. The van der Waals surface area contributed by atoms with Gasteiger partial charge in [0.2, 0.25) is 10.0 Å². The molecular formula is C20H23N3O4S. The van der Waals surface area contributed by atoms with Crippen LogP contribution in [0.5, 0.6) is 0 Å². The van der Waals surface area contributed by atoms with E-state index in [0.717, 1.165) is 31.0 Å². The third kappa shape index (κ3) is 3.21. The predicted molar refractivity (Wildman–Crippen MR) is 106 cm³/mol. The second-order valence-corrected chi connectivity index (χ2v) is 9.34. The molecule has 7 nitrogen and oxygen atoms in total. The summed E-state index contributed by atoms with van der Waals surface area (Å²) in [6, 6.07) is 13.2. The predicted octanol–water partition coefficient (Wildman–Crippen LogP) is 2.98. The number of likely N-dealkylation sites (tertiary alicyclic amines) is 1.